The molecule has 22 heavy (non-hydrogen) atoms. The summed E-state index contributed by atoms with van der Waals surface area (Å²) in [5.41, 5.74) is 1.34. The molecule has 6 heteroatoms. The molecular weight excluding hydrogens is 321 g/mol. The Balaban J connectivity index is 0.00000220. The average Bonchev–Trinajstić information content (AvgIpc) is 2.93. The highest BCUT2D eigenvalue weighted by Gasteiger charge is 2.27. The second kappa shape index (κ2) is 10.8. The van der Waals surface area contributed by atoms with Crippen LogP contribution in [0.3, 0.4) is 0 Å². The monoisotopic (exact) mass is 347 g/mol. The Hall–Kier alpha value is -0.810. The first-order valence-corrected chi connectivity index (χ1v) is 7.43. The fourth-order valence-corrected chi connectivity index (χ4v) is 2.74. The molecule has 2 N–H and O–H groups in total. The van der Waals surface area contributed by atoms with Crippen molar-refractivity contribution in [1.29, 1.82) is 0 Å². The van der Waals surface area contributed by atoms with Crippen LogP contribution in [0.1, 0.15) is 31.4 Å². The van der Waals surface area contributed by atoms with Crippen molar-refractivity contribution in [1.82, 2.24) is 15.5 Å². The SMILES string of the molecule is CNCCC(=O)NC1CCN(C(C)c2ccccc2)C1.Cl.Cl. The van der Waals surface area contributed by atoms with Crippen molar-refractivity contribution in [2.24, 2.45) is 0 Å². The minimum absolute atomic E-state index is 0. The van der Waals surface area contributed by atoms with Gasteiger partial charge >= 0.3 is 0 Å². The van der Waals surface area contributed by atoms with Crippen molar-refractivity contribution in [3.63, 3.8) is 0 Å². The molecule has 2 atom stereocenters. The molecule has 0 bridgehead atoms. The standard InChI is InChI=1S/C16H25N3O.2ClH/c1-13(14-6-4-3-5-7-14)19-11-9-15(12-19)18-16(20)8-10-17-2;;/h3-7,13,15,17H,8-12H2,1-2H3,(H,18,20);2*1H. The van der Waals surface area contributed by atoms with E-state index in [-0.39, 0.29) is 30.7 Å². The van der Waals surface area contributed by atoms with E-state index in [0.717, 1.165) is 26.1 Å². The number of benzene rings is 1. The Morgan fingerprint density at radius 2 is 2.00 bits per heavy atom. The lowest BCUT2D eigenvalue weighted by molar-refractivity contribution is -0.121. The Kier molecular flexibility index (Phi) is 10.4. The summed E-state index contributed by atoms with van der Waals surface area (Å²) in [5, 5.41) is 6.13. The number of carbonyl (C=O) groups excluding carboxylic acids is 1. The van der Waals surface area contributed by atoms with E-state index < -0.39 is 0 Å². The zero-order chi connectivity index (χ0) is 14.4. The summed E-state index contributed by atoms with van der Waals surface area (Å²) in [6, 6.07) is 11.3. The van der Waals surface area contributed by atoms with Crippen LogP contribution in [0.5, 0.6) is 0 Å². The van der Waals surface area contributed by atoms with Crippen LogP contribution in [0.4, 0.5) is 0 Å². The predicted molar refractivity (Wildman–Crippen MR) is 96.0 cm³/mol. The van der Waals surface area contributed by atoms with Crippen LogP contribution >= 0.6 is 24.8 Å². The van der Waals surface area contributed by atoms with E-state index in [1.54, 1.807) is 0 Å². The zero-order valence-electron chi connectivity index (χ0n) is 13.2. The summed E-state index contributed by atoms with van der Waals surface area (Å²) in [6.07, 6.45) is 1.60. The highest BCUT2D eigenvalue weighted by molar-refractivity contribution is 5.85. The van der Waals surface area contributed by atoms with Crippen molar-refractivity contribution in [3.8, 4) is 0 Å². The lowest BCUT2D eigenvalue weighted by Gasteiger charge is -2.24. The Morgan fingerprint density at radius 3 is 2.64 bits per heavy atom. The van der Waals surface area contributed by atoms with Gasteiger partial charge in [0.25, 0.3) is 0 Å². The molecule has 0 aromatic heterocycles. The number of halogens is 2. The quantitative estimate of drug-likeness (QED) is 0.830. The van der Waals surface area contributed by atoms with Gasteiger partial charge in [-0.05, 0) is 26.0 Å². The smallest absolute Gasteiger partial charge is 0.221 e. The second-order valence-electron chi connectivity index (χ2n) is 5.49. The highest BCUT2D eigenvalue weighted by Crippen LogP contribution is 2.24. The minimum atomic E-state index is 0. The van der Waals surface area contributed by atoms with Gasteiger partial charge in [-0.1, -0.05) is 30.3 Å². The second-order valence-corrected chi connectivity index (χ2v) is 5.49. The van der Waals surface area contributed by atoms with Crippen LogP contribution in [-0.4, -0.2) is 43.5 Å². The number of hydrogen-bond acceptors (Lipinski definition) is 3. The molecule has 2 unspecified atom stereocenters. The number of likely N-dealkylation sites (tertiary alicyclic amines) is 1. The van der Waals surface area contributed by atoms with Crippen LogP contribution in [0.15, 0.2) is 30.3 Å². The molecule has 0 radical (unpaired) electrons. The lowest BCUT2D eigenvalue weighted by Crippen LogP contribution is -2.38. The molecule has 0 spiro atoms. The third kappa shape index (κ3) is 6.13. The maximum atomic E-state index is 11.7. The van der Waals surface area contributed by atoms with E-state index in [2.05, 4.69) is 46.7 Å². The molecule has 1 aliphatic rings. The Bertz CT molecular complexity index is 431. The molecule has 4 nitrogen and oxygen atoms in total. The maximum Gasteiger partial charge on any atom is 0.221 e. The number of carbonyl (C=O) groups is 1. The van der Waals surface area contributed by atoms with Crippen molar-refractivity contribution in [2.45, 2.75) is 31.8 Å². The molecule has 1 aliphatic heterocycles. The van der Waals surface area contributed by atoms with Gasteiger partial charge in [0.2, 0.25) is 5.91 Å². The third-order valence-electron chi connectivity index (χ3n) is 4.02. The number of nitrogens with zero attached hydrogens (tertiary/aromatic N) is 1. The summed E-state index contributed by atoms with van der Waals surface area (Å²) in [7, 11) is 1.87. The van der Waals surface area contributed by atoms with Gasteiger partial charge in [-0.3, -0.25) is 9.69 Å². The molecule has 1 aromatic carbocycles. The number of rotatable bonds is 6. The van der Waals surface area contributed by atoms with Crippen LogP contribution in [0.25, 0.3) is 0 Å². The molecule has 1 heterocycles. The third-order valence-corrected chi connectivity index (χ3v) is 4.02. The molecule has 0 aliphatic carbocycles. The number of amides is 1. The van der Waals surface area contributed by atoms with E-state index in [9.17, 15) is 4.79 Å². The highest BCUT2D eigenvalue weighted by atomic mass is 35.5. The van der Waals surface area contributed by atoms with E-state index in [1.807, 2.05) is 13.1 Å². The molecule has 1 fully saturated rings. The van der Waals surface area contributed by atoms with Crippen molar-refractivity contribution >= 4 is 30.7 Å². The van der Waals surface area contributed by atoms with Gasteiger partial charge in [-0.25, -0.2) is 0 Å². The topological polar surface area (TPSA) is 44.4 Å². The van der Waals surface area contributed by atoms with Gasteiger partial charge < -0.3 is 10.6 Å². The van der Waals surface area contributed by atoms with Gasteiger partial charge in [-0.2, -0.15) is 0 Å². The van der Waals surface area contributed by atoms with Crippen LogP contribution < -0.4 is 10.6 Å². The first-order chi connectivity index (χ1) is 9.70. The fraction of sp³-hybridized carbons (Fsp3) is 0.562. The average molecular weight is 348 g/mol. The molecule has 0 saturated carbocycles. The van der Waals surface area contributed by atoms with Crippen LogP contribution in [0, 0.1) is 0 Å². The Labute approximate surface area is 145 Å². The largest absolute Gasteiger partial charge is 0.352 e. The number of nitrogens with one attached hydrogen (secondary N) is 2. The predicted octanol–water partition coefficient (Wildman–Crippen LogP) is 2.39. The van der Waals surface area contributed by atoms with Crippen LogP contribution in [-0.2, 0) is 4.79 Å². The van der Waals surface area contributed by atoms with Gasteiger partial charge in [0.15, 0.2) is 0 Å². The summed E-state index contributed by atoms with van der Waals surface area (Å²) < 4.78 is 0. The maximum absolute atomic E-state index is 11.7. The first kappa shape index (κ1) is 21.2. The molecule has 1 amide bonds. The molecule has 1 aromatic rings. The summed E-state index contributed by atoms with van der Waals surface area (Å²) in [4.78, 5) is 14.2. The first-order valence-electron chi connectivity index (χ1n) is 7.43. The van der Waals surface area contributed by atoms with Gasteiger partial charge in [0.05, 0.1) is 0 Å². The normalized spacial score (nSPS) is 18.9. The zero-order valence-corrected chi connectivity index (χ0v) is 14.9. The van der Waals surface area contributed by atoms with Crippen molar-refractivity contribution in [3.05, 3.63) is 35.9 Å². The van der Waals surface area contributed by atoms with E-state index in [4.69, 9.17) is 0 Å². The molecule has 2 rings (SSSR count). The summed E-state index contributed by atoms with van der Waals surface area (Å²) in [6.45, 7) is 4.97. The number of hydrogen-bond donors (Lipinski definition) is 2. The van der Waals surface area contributed by atoms with E-state index in [0.29, 0.717) is 18.5 Å². The fourth-order valence-electron chi connectivity index (χ4n) is 2.74. The van der Waals surface area contributed by atoms with E-state index >= 15 is 0 Å². The van der Waals surface area contributed by atoms with Gasteiger partial charge in [0.1, 0.15) is 0 Å². The van der Waals surface area contributed by atoms with Crippen molar-refractivity contribution in [2.75, 3.05) is 26.7 Å². The Morgan fingerprint density at radius 1 is 1.32 bits per heavy atom. The van der Waals surface area contributed by atoms with Crippen LogP contribution in [0.2, 0.25) is 0 Å². The molecule has 1 saturated heterocycles. The molecule has 126 valence electrons. The molecular formula is C16H27Cl2N3O. The summed E-state index contributed by atoms with van der Waals surface area (Å²) >= 11 is 0. The van der Waals surface area contributed by atoms with Gasteiger partial charge in [-0.15, -0.1) is 24.8 Å². The van der Waals surface area contributed by atoms with Gasteiger partial charge in [0, 0.05) is 38.1 Å². The lowest BCUT2D eigenvalue weighted by atomic mass is 10.1. The minimum Gasteiger partial charge on any atom is -0.352 e. The van der Waals surface area contributed by atoms with E-state index in [1.165, 1.54) is 5.56 Å². The summed E-state index contributed by atoms with van der Waals surface area (Å²) in [5.74, 6) is 0.151. The van der Waals surface area contributed by atoms with Crippen molar-refractivity contribution < 1.29 is 4.79 Å².